The van der Waals surface area contributed by atoms with Gasteiger partial charge in [-0.3, -0.25) is 9.59 Å². The van der Waals surface area contributed by atoms with Crippen LogP contribution in [0.1, 0.15) is 17.7 Å². The summed E-state index contributed by atoms with van der Waals surface area (Å²) in [4.78, 5) is 25.9. The van der Waals surface area contributed by atoms with E-state index in [-0.39, 0.29) is 30.0 Å². The van der Waals surface area contributed by atoms with Crippen LogP contribution in [0.5, 0.6) is 0 Å². The summed E-state index contributed by atoms with van der Waals surface area (Å²) in [5, 5.41) is 2.85. The van der Waals surface area contributed by atoms with Crippen LogP contribution in [0.25, 0.3) is 0 Å². The molecule has 1 saturated heterocycles. The fourth-order valence-corrected chi connectivity index (χ4v) is 2.82. The van der Waals surface area contributed by atoms with Crippen molar-refractivity contribution in [3.8, 4) is 0 Å². The monoisotopic (exact) mass is 330 g/mol. The molecule has 24 heavy (non-hydrogen) atoms. The summed E-state index contributed by atoms with van der Waals surface area (Å²) in [6.45, 7) is 1.26. The van der Waals surface area contributed by atoms with Gasteiger partial charge < -0.3 is 14.6 Å². The Morgan fingerprint density at radius 3 is 2.79 bits per heavy atom. The summed E-state index contributed by atoms with van der Waals surface area (Å²) in [7, 11) is 0. The zero-order valence-corrected chi connectivity index (χ0v) is 13.2. The van der Waals surface area contributed by atoms with E-state index in [4.69, 9.17) is 4.42 Å². The minimum absolute atomic E-state index is 0.0370. The predicted octanol–water partition coefficient (Wildman–Crippen LogP) is 2.13. The topological polar surface area (TPSA) is 62.6 Å². The van der Waals surface area contributed by atoms with E-state index in [9.17, 15) is 14.0 Å². The molecule has 2 amide bonds. The molecular formula is C18H19FN2O3. The molecule has 0 radical (unpaired) electrons. The second-order valence-corrected chi connectivity index (χ2v) is 5.92. The molecule has 1 aromatic heterocycles. The Morgan fingerprint density at radius 1 is 1.29 bits per heavy atom. The number of carbonyl (C=O) groups excluding carboxylic acids is 2. The molecule has 1 unspecified atom stereocenters. The zero-order valence-electron chi connectivity index (χ0n) is 13.2. The van der Waals surface area contributed by atoms with Crippen LogP contribution in [-0.4, -0.2) is 29.8 Å². The number of hydrogen-bond donors (Lipinski definition) is 1. The van der Waals surface area contributed by atoms with Gasteiger partial charge in [-0.15, -0.1) is 0 Å². The molecule has 1 aliphatic heterocycles. The van der Waals surface area contributed by atoms with Crippen molar-refractivity contribution >= 4 is 11.8 Å². The number of nitrogens with zero attached hydrogens (tertiary/aromatic N) is 1. The van der Waals surface area contributed by atoms with E-state index < -0.39 is 0 Å². The fourth-order valence-electron chi connectivity index (χ4n) is 2.82. The van der Waals surface area contributed by atoms with Gasteiger partial charge in [0.15, 0.2) is 0 Å². The molecule has 6 heteroatoms. The Kier molecular flexibility index (Phi) is 4.93. The van der Waals surface area contributed by atoms with Crippen molar-refractivity contribution in [2.75, 3.05) is 13.1 Å². The Bertz CT molecular complexity index is 698. The maximum absolute atomic E-state index is 12.8. The molecule has 0 bridgehead atoms. The summed E-state index contributed by atoms with van der Waals surface area (Å²) >= 11 is 0. The van der Waals surface area contributed by atoms with Gasteiger partial charge in [-0.1, -0.05) is 12.1 Å². The molecular weight excluding hydrogens is 311 g/mol. The van der Waals surface area contributed by atoms with Crippen LogP contribution < -0.4 is 5.32 Å². The van der Waals surface area contributed by atoms with Gasteiger partial charge in [-0.2, -0.15) is 0 Å². The van der Waals surface area contributed by atoms with Crippen LogP contribution in [0, 0.1) is 11.7 Å². The lowest BCUT2D eigenvalue weighted by atomic mass is 10.1. The maximum atomic E-state index is 12.8. The summed E-state index contributed by atoms with van der Waals surface area (Å²) in [5.41, 5.74) is 0.957. The van der Waals surface area contributed by atoms with Crippen molar-refractivity contribution in [3.63, 3.8) is 0 Å². The van der Waals surface area contributed by atoms with Gasteiger partial charge >= 0.3 is 0 Å². The average Bonchev–Trinajstić information content (AvgIpc) is 3.20. The van der Waals surface area contributed by atoms with Gasteiger partial charge in [0.1, 0.15) is 11.6 Å². The second kappa shape index (κ2) is 7.29. The van der Waals surface area contributed by atoms with Gasteiger partial charge in [0.05, 0.1) is 18.7 Å². The van der Waals surface area contributed by atoms with Gasteiger partial charge in [0, 0.05) is 19.5 Å². The first-order valence-electron chi connectivity index (χ1n) is 7.94. The van der Waals surface area contributed by atoms with Gasteiger partial charge in [-0.25, -0.2) is 4.39 Å². The first kappa shape index (κ1) is 16.2. The van der Waals surface area contributed by atoms with E-state index in [0.717, 1.165) is 5.56 Å². The van der Waals surface area contributed by atoms with E-state index in [1.165, 1.54) is 12.1 Å². The first-order valence-corrected chi connectivity index (χ1v) is 7.94. The van der Waals surface area contributed by atoms with Crippen LogP contribution >= 0.6 is 0 Å². The lowest BCUT2D eigenvalue weighted by molar-refractivity contribution is -0.129. The number of amides is 2. The lowest BCUT2D eigenvalue weighted by Gasteiger charge is -2.15. The van der Waals surface area contributed by atoms with E-state index in [1.807, 2.05) is 6.07 Å². The Balaban J connectivity index is 1.45. The van der Waals surface area contributed by atoms with E-state index in [1.54, 1.807) is 29.4 Å². The van der Waals surface area contributed by atoms with E-state index >= 15 is 0 Å². The van der Waals surface area contributed by atoms with Crippen LogP contribution in [0.15, 0.2) is 47.1 Å². The average molecular weight is 330 g/mol. The standard InChI is InChI=1S/C18H19FN2O3/c19-15-5-3-13(4-6-15)7-8-20-18(23)14-10-17(22)21(11-14)12-16-2-1-9-24-16/h1-6,9,14H,7-8,10-12H2,(H,20,23). The molecule has 1 N–H and O–H groups in total. The van der Waals surface area contributed by atoms with Gasteiger partial charge in [-0.05, 0) is 36.2 Å². The third kappa shape index (κ3) is 4.01. The first-order chi connectivity index (χ1) is 11.6. The SMILES string of the molecule is O=C(NCCc1ccc(F)cc1)C1CC(=O)N(Cc2ccco2)C1. The van der Waals surface area contributed by atoms with E-state index in [0.29, 0.717) is 31.8 Å². The smallest absolute Gasteiger partial charge is 0.225 e. The molecule has 1 fully saturated rings. The van der Waals surface area contributed by atoms with Crippen LogP contribution in [0.3, 0.4) is 0 Å². The quantitative estimate of drug-likeness (QED) is 0.882. The Labute approximate surface area is 139 Å². The molecule has 3 rings (SSSR count). The Hall–Kier alpha value is -2.63. The molecule has 0 saturated carbocycles. The molecule has 1 aromatic carbocycles. The molecule has 1 atom stereocenters. The van der Waals surface area contributed by atoms with Gasteiger partial charge in [0.25, 0.3) is 0 Å². The predicted molar refractivity (Wildman–Crippen MR) is 85.3 cm³/mol. The number of hydrogen-bond acceptors (Lipinski definition) is 3. The number of halogens is 1. The number of nitrogens with one attached hydrogen (secondary N) is 1. The fraction of sp³-hybridized carbons (Fsp3) is 0.333. The molecule has 2 aromatic rings. The molecule has 1 aliphatic rings. The Morgan fingerprint density at radius 2 is 2.08 bits per heavy atom. The third-order valence-electron chi connectivity index (χ3n) is 4.14. The summed E-state index contributed by atoms with van der Waals surface area (Å²) in [6.07, 6.45) is 2.42. The van der Waals surface area contributed by atoms with Crippen molar-refractivity contribution in [3.05, 3.63) is 59.8 Å². The van der Waals surface area contributed by atoms with E-state index in [2.05, 4.69) is 5.32 Å². The molecule has 126 valence electrons. The minimum atomic E-state index is -0.333. The zero-order chi connectivity index (χ0) is 16.9. The maximum Gasteiger partial charge on any atom is 0.225 e. The van der Waals surface area contributed by atoms with Crippen LogP contribution in [0.4, 0.5) is 4.39 Å². The van der Waals surface area contributed by atoms with Gasteiger partial charge in [0.2, 0.25) is 11.8 Å². The highest BCUT2D eigenvalue weighted by Gasteiger charge is 2.34. The summed E-state index contributed by atoms with van der Waals surface area (Å²) < 4.78 is 18.1. The van der Waals surface area contributed by atoms with Crippen molar-refractivity contribution in [1.29, 1.82) is 0 Å². The lowest BCUT2D eigenvalue weighted by Crippen LogP contribution is -2.34. The number of furan rings is 1. The normalized spacial score (nSPS) is 17.3. The summed E-state index contributed by atoms with van der Waals surface area (Å²) in [5.74, 6) is -0.0530. The highest BCUT2D eigenvalue weighted by atomic mass is 19.1. The molecule has 5 nitrogen and oxygen atoms in total. The minimum Gasteiger partial charge on any atom is -0.467 e. The highest BCUT2D eigenvalue weighted by Crippen LogP contribution is 2.20. The van der Waals surface area contributed by atoms with Crippen molar-refractivity contribution in [2.45, 2.75) is 19.4 Å². The van der Waals surface area contributed by atoms with Crippen molar-refractivity contribution in [1.82, 2.24) is 10.2 Å². The second-order valence-electron chi connectivity index (χ2n) is 5.92. The highest BCUT2D eigenvalue weighted by molar-refractivity contribution is 5.89. The number of benzene rings is 1. The number of likely N-dealkylation sites (tertiary alicyclic amines) is 1. The molecule has 2 heterocycles. The number of rotatable bonds is 6. The number of carbonyl (C=O) groups is 2. The molecule has 0 aliphatic carbocycles. The third-order valence-corrected chi connectivity index (χ3v) is 4.14. The summed E-state index contributed by atoms with van der Waals surface area (Å²) in [6, 6.07) is 9.79. The van der Waals surface area contributed by atoms with Crippen LogP contribution in [-0.2, 0) is 22.6 Å². The molecule has 0 spiro atoms. The van der Waals surface area contributed by atoms with Crippen molar-refractivity contribution < 1.29 is 18.4 Å². The largest absolute Gasteiger partial charge is 0.467 e. The van der Waals surface area contributed by atoms with Crippen LogP contribution in [0.2, 0.25) is 0 Å². The van der Waals surface area contributed by atoms with Crippen molar-refractivity contribution in [2.24, 2.45) is 5.92 Å².